The van der Waals surface area contributed by atoms with Gasteiger partial charge in [-0.1, -0.05) is 12.1 Å². The molecule has 2 aromatic carbocycles. The zero-order valence-electron chi connectivity index (χ0n) is 17.3. The molecule has 0 aliphatic carbocycles. The molecule has 8 nitrogen and oxygen atoms in total. The summed E-state index contributed by atoms with van der Waals surface area (Å²) in [5.41, 5.74) is 4.76. The van der Waals surface area contributed by atoms with Crippen LogP contribution in [0.1, 0.15) is 24.0 Å². The fraction of sp³-hybridized carbons (Fsp3) is 0.304. The lowest BCUT2D eigenvalue weighted by atomic mass is 9.76. The molecule has 2 saturated heterocycles. The second kappa shape index (κ2) is 7.45. The maximum Gasteiger partial charge on any atom is 0.250 e. The second-order valence-electron chi connectivity index (χ2n) is 8.60. The van der Waals surface area contributed by atoms with Crippen LogP contribution in [0.5, 0.6) is 0 Å². The Bertz CT molecular complexity index is 1200. The summed E-state index contributed by atoms with van der Waals surface area (Å²) in [4.78, 5) is 52.7. The maximum absolute atomic E-state index is 14.2. The molecule has 4 atom stereocenters. The highest BCUT2D eigenvalue weighted by molar-refractivity contribution is 6.15. The van der Waals surface area contributed by atoms with Gasteiger partial charge in [0.2, 0.25) is 23.6 Å². The van der Waals surface area contributed by atoms with Crippen LogP contribution < -0.4 is 16.4 Å². The number of halogens is 2. The lowest BCUT2D eigenvalue weighted by Crippen LogP contribution is -2.53. The quantitative estimate of drug-likeness (QED) is 0.586. The van der Waals surface area contributed by atoms with E-state index >= 15 is 0 Å². The minimum atomic E-state index is -1.66. The SMILES string of the molecule is NC(=O)CCC1NC2(C(=O)Nc3ccc(F)cc32)C2C(=O)N(Cc3ccc(F)cc3)C(=O)C12. The average Bonchev–Trinajstić information content (AvgIpc) is 3.34. The van der Waals surface area contributed by atoms with E-state index < -0.39 is 58.7 Å². The molecule has 1 spiro atoms. The molecule has 0 aromatic heterocycles. The van der Waals surface area contributed by atoms with E-state index in [9.17, 15) is 28.0 Å². The first-order chi connectivity index (χ1) is 15.7. The van der Waals surface area contributed by atoms with Crippen molar-refractivity contribution in [3.63, 3.8) is 0 Å². The lowest BCUT2D eigenvalue weighted by Gasteiger charge is -2.29. The maximum atomic E-state index is 14.2. The third-order valence-corrected chi connectivity index (χ3v) is 6.72. The third-order valence-electron chi connectivity index (χ3n) is 6.72. The van der Waals surface area contributed by atoms with Gasteiger partial charge in [-0.05, 0) is 42.3 Å². The highest BCUT2D eigenvalue weighted by Crippen LogP contribution is 2.53. The minimum absolute atomic E-state index is 0.0615. The van der Waals surface area contributed by atoms with Gasteiger partial charge < -0.3 is 11.1 Å². The van der Waals surface area contributed by atoms with Gasteiger partial charge in [0.05, 0.1) is 18.4 Å². The molecule has 3 aliphatic rings. The van der Waals surface area contributed by atoms with E-state index in [1.807, 2.05) is 0 Å². The standard InChI is InChI=1S/C23H20F2N4O4/c24-12-3-1-11(2-4-12)10-29-20(31)18-16(7-8-17(26)30)28-23(19(18)21(29)32)14-9-13(25)5-6-15(14)27-22(23)33/h1-6,9,16,18-19,28H,7-8,10H2,(H2,26,30)(H,27,33). The van der Waals surface area contributed by atoms with E-state index in [-0.39, 0.29) is 24.9 Å². The monoisotopic (exact) mass is 454 g/mol. The first-order valence-corrected chi connectivity index (χ1v) is 10.5. The summed E-state index contributed by atoms with van der Waals surface area (Å²) in [5.74, 6) is -5.37. The molecule has 4 N–H and O–H groups in total. The Morgan fingerprint density at radius 2 is 1.73 bits per heavy atom. The van der Waals surface area contributed by atoms with Crippen molar-refractivity contribution in [1.82, 2.24) is 10.2 Å². The molecule has 0 bridgehead atoms. The van der Waals surface area contributed by atoms with Crippen molar-refractivity contribution in [2.45, 2.75) is 31.0 Å². The number of imide groups is 1. The summed E-state index contributed by atoms with van der Waals surface area (Å²) in [5, 5.41) is 5.78. The molecule has 3 aliphatic heterocycles. The van der Waals surface area contributed by atoms with Gasteiger partial charge in [-0.3, -0.25) is 29.4 Å². The van der Waals surface area contributed by atoms with Crippen LogP contribution in [0.15, 0.2) is 42.5 Å². The highest BCUT2D eigenvalue weighted by Gasteiger charge is 2.70. The average molecular weight is 454 g/mol. The Labute approximate surface area is 187 Å². The van der Waals surface area contributed by atoms with Crippen molar-refractivity contribution in [2.75, 3.05) is 5.32 Å². The molecule has 2 aromatic rings. The second-order valence-corrected chi connectivity index (χ2v) is 8.60. The fourth-order valence-electron chi connectivity index (χ4n) is 5.31. The zero-order chi connectivity index (χ0) is 23.5. The number of primary amides is 1. The van der Waals surface area contributed by atoms with E-state index in [0.29, 0.717) is 11.3 Å². The zero-order valence-corrected chi connectivity index (χ0v) is 17.3. The Balaban J connectivity index is 1.58. The number of carbonyl (C=O) groups is 4. The van der Waals surface area contributed by atoms with Crippen molar-refractivity contribution in [3.8, 4) is 0 Å². The normalized spacial score (nSPS) is 27.8. The highest BCUT2D eigenvalue weighted by atomic mass is 19.1. The summed E-state index contributed by atoms with van der Waals surface area (Å²) in [6, 6.07) is 8.45. The summed E-state index contributed by atoms with van der Waals surface area (Å²) < 4.78 is 27.5. The number of carbonyl (C=O) groups excluding carboxylic acids is 4. The Morgan fingerprint density at radius 3 is 2.42 bits per heavy atom. The van der Waals surface area contributed by atoms with Crippen molar-refractivity contribution >= 4 is 29.3 Å². The summed E-state index contributed by atoms with van der Waals surface area (Å²) in [6.07, 6.45) is 0.0631. The Hall–Kier alpha value is -3.66. The number of anilines is 1. The van der Waals surface area contributed by atoms with Gasteiger partial charge in [-0.25, -0.2) is 8.78 Å². The van der Waals surface area contributed by atoms with E-state index in [1.54, 1.807) is 0 Å². The van der Waals surface area contributed by atoms with Crippen LogP contribution in [-0.4, -0.2) is 34.6 Å². The number of amides is 4. The van der Waals surface area contributed by atoms with E-state index in [2.05, 4.69) is 10.6 Å². The van der Waals surface area contributed by atoms with Gasteiger partial charge in [-0.15, -0.1) is 0 Å². The molecule has 4 amide bonds. The van der Waals surface area contributed by atoms with Crippen LogP contribution in [-0.2, 0) is 31.3 Å². The third kappa shape index (κ3) is 3.12. The van der Waals surface area contributed by atoms with Crippen molar-refractivity contribution in [1.29, 1.82) is 0 Å². The molecule has 33 heavy (non-hydrogen) atoms. The predicted octanol–water partition coefficient (Wildman–Crippen LogP) is 1.15. The van der Waals surface area contributed by atoms with Gasteiger partial charge in [-0.2, -0.15) is 0 Å². The van der Waals surface area contributed by atoms with Crippen LogP contribution in [0, 0.1) is 23.5 Å². The molecule has 3 heterocycles. The molecule has 0 radical (unpaired) electrons. The number of hydrogen-bond acceptors (Lipinski definition) is 5. The van der Waals surface area contributed by atoms with Gasteiger partial charge in [0.1, 0.15) is 17.2 Å². The van der Waals surface area contributed by atoms with Crippen LogP contribution in [0.3, 0.4) is 0 Å². The van der Waals surface area contributed by atoms with Crippen molar-refractivity contribution < 1.29 is 28.0 Å². The topological polar surface area (TPSA) is 122 Å². The van der Waals surface area contributed by atoms with Crippen LogP contribution in [0.25, 0.3) is 0 Å². The number of rotatable bonds is 5. The fourth-order valence-corrected chi connectivity index (χ4v) is 5.31. The number of nitrogens with zero attached hydrogens (tertiary/aromatic N) is 1. The first kappa shape index (κ1) is 21.2. The summed E-state index contributed by atoms with van der Waals surface area (Å²) in [6.45, 7) is -0.0960. The molecule has 4 unspecified atom stereocenters. The van der Waals surface area contributed by atoms with Gasteiger partial charge in [0, 0.05) is 23.7 Å². The van der Waals surface area contributed by atoms with Gasteiger partial charge in [0.25, 0.3) is 0 Å². The molecule has 170 valence electrons. The van der Waals surface area contributed by atoms with Gasteiger partial charge in [0.15, 0.2) is 0 Å². The summed E-state index contributed by atoms with van der Waals surface area (Å²) in [7, 11) is 0. The number of hydrogen-bond donors (Lipinski definition) is 3. The Kier molecular flexibility index (Phi) is 4.78. The Morgan fingerprint density at radius 1 is 1.03 bits per heavy atom. The minimum Gasteiger partial charge on any atom is -0.370 e. The summed E-state index contributed by atoms with van der Waals surface area (Å²) >= 11 is 0. The lowest BCUT2D eigenvalue weighted by molar-refractivity contribution is -0.143. The smallest absolute Gasteiger partial charge is 0.250 e. The van der Waals surface area contributed by atoms with E-state index in [1.165, 1.54) is 42.5 Å². The predicted molar refractivity (Wildman–Crippen MR) is 111 cm³/mol. The first-order valence-electron chi connectivity index (χ1n) is 10.5. The molecule has 0 saturated carbocycles. The molecule has 2 fully saturated rings. The number of likely N-dealkylation sites (tertiary alicyclic amines) is 1. The van der Waals surface area contributed by atoms with E-state index in [0.717, 1.165) is 4.90 Å². The number of fused-ring (bicyclic) bond motifs is 4. The molecule has 5 rings (SSSR count). The molecule has 10 heteroatoms. The van der Waals surface area contributed by atoms with Crippen LogP contribution >= 0.6 is 0 Å². The van der Waals surface area contributed by atoms with Crippen molar-refractivity contribution in [2.24, 2.45) is 17.6 Å². The molecular formula is C23H20F2N4O4. The van der Waals surface area contributed by atoms with Gasteiger partial charge >= 0.3 is 0 Å². The number of nitrogens with one attached hydrogen (secondary N) is 2. The van der Waals surface area contributed by atoms with E-state index in [4.69, 9.17) is 5.73 Å². The number of nitrogens with two attached hydrogens (primary N) is 1. The van der Waals surface area contributed by atoms with Crippen molar-refractivity contribution in [3.05, 3.63) is 65.2 Å². The number of benzene rings is 2. The van der Waals surface area contributed by atoms with Crippen LogP contribution in [0.4, 0.5) is 14.5 Å². The van der Waals surface area contributed by atoms with Crippen LogP contribution in [0.2, 0.25) is 0 Å². The largest absolute Gasteiger partial charge is 0.370 e. The molecular weight excluding hydrogens is 434 g/mol.